The molecular weight excluding hydrogens is 310 g/mol. The Morgan fingerprint density at radius 3 is 2.62 bits per heavy atom. The van der Waals surface area contributed by atoms with E-state index in [1.165, 1.54) is 19.2 Å². The Hall–Kier alpha value is -2.93. The van der Waals surface area contributed by atoms with E-state index in [9.17, 15) is 14.9 Å². The van der Waals surface area contributed by atoms with E-state index in [2.05, 4.69) is 5.32 Å². The number of nitrogens with one attached hydrogen (secondary N) is 1. The Kier molecular flexibility index (Phi) is 5.86. The van der Waals surface area contributed by atoms with Gasteiger partial charge >= 0.3 is 0 Å². The third-order valence-electron chi connectivity index (χ3n) is 3.66. The second-order valence-electron chi connectivity index (χ2n) is 5.33. The predicted molar refractivity (Wildman–Crippen MR) is 89.9 cm³/mol. The molecule has 2 rings (SSSR count). The van der Waals surface area contributed by atoms with E-state index in [-0.39, 0.29) is 29.9 Å². The molecule has 0 unspecified atom stereocenters. The van der Waals surface area contributed by atoms with Crippen molar-refractivity contribution in [3.63, 3.8) is 0 Å². The highest BCUT2D eigenvalue weighted by molar-refractivity contribution is 5.93. The number of ether oxygens (including phenoxy) is 1. The summed E-state index contributed by atoms with van der Waals surface area (Å²) in [5.74, 6) is 0.0648. The number of rotatable bonds is 7. The molecule has 126 valence electrons. The number of benzene rings is 2. The number of hydrogen-bond acceptors (Lipinski definition) is 4. The Morgan fingerprint density at radius 2 is 2.00 bits per heavy atom. The summed E-state index contributed by atoms with van der Waals surface area (Å²) in [6.07, 6.45) is 0. The van der Waals surface area contributed by atoms with Crippen molar-refractivity contribution >= 4 is 17.3 Å². The lowest BCUT2D eigenvalue weighted by Crippen LogP contribution is -2.86. The fraction of sp³-hybridized carbons (Fsp3) is 0.235. The van der Waals surface area contributed by atoms with Crippen LogP contribution in [-0.2, 0) is 4.79 Å². The Morgan fingerprint density at radius 1 is 1.29 bits per heavy atom. The second-order valence-corrected chi connectivity index (χ2v) is 5.33. The fourth-order valence-electron chi connectivity index (χ4n) is 2.27. The molecule has 0 bridgehead atoms. The molecule has 1 atom stereocenters. The van der Waals surface area contributed by atoms with E-state index in [1.807, 2.05) is 42.6 Å². The molecule has 0 aliphatic rings. The Balaban J connectivity index is 1.98. The van der Waals surface area contributed by atoms with Gasteiger partial charge in [0.05, 0.1) is 18.1 Å². The van der Waals surface area contributed by atoms with Gasteiger partial charge in [-0.2, -0.15) is 0 Å². The van der Waals surface area contributed by atoms with Crippen molar-refractivity contribution in [2.45, 2.75) is 13.0 Å². The maximum absolute atomic E-state index is 12.1. The molecule has 7 heteroatoms. The zero-order valence-electron chi connectivity index (χ0n) is 13.6. The fourth-order valence-corrected chi connectivity index (χ4v) is 2.27. The maximum atomic E-state index is 12.1. The molecule has 0 spiro atoms. The number of nitro groups is 1. The van der Waals surface area contributed by atoms with Crippen LogP contribution in [0.15, 0.2) is 48.5 Å². The first kappa shape index (κ1) is 17.4. The van der Waals surface area contributed by atoms with E-state index in [1.54, 1.807) is 6.07 Å². The first-order valence-corrected chi connectivity index (χ1v) is 7.52. The van der Waals surface area contributed by atoms with Crippen molar-refractivity contribution in [3.8, 4) is 5.75 Å². The maximum Gasteiger partial charge on any atom is 0.296 e. The van der Waals surface area contributed by atoms with Gasteiger partial charge in [-0.1, -0.05) is 30.3 Å². The molecule has 3 N–H and O–H groups in total. The zero-order chi connectivity index (χ0) is 17.5. The number of methoxy groups -OCH3 is 1. The predicted octanol–water partition coefficient (Wildman–Crippen LogP) is 1.87. The summed E-state index contributed by atoms with van der Waals surface area (Å²) in [5.41, 5.74) is 1.08. The van der Waals surface area contributed by atoms with Gasteiger partial charge in [0, 0.05) is 5.56 Å². The normalized spacial score (nSPS) is 11.6. The van der Waals surface area contributed by atoms with E-state index >= 15 is 0 Å². The highest BCUT2D eigenvalue weighted by atomic mass is 16.6. The van der Waals surface area contributed by atoms with Crippen molar-refractivity contribution in [1.82, 2.24) is 0 Å². The number of carbonyl (C=O) groups excluding carboxylic acids is 1. The molecule has 0 saturated carbocycles. The quantitative estimate of drug-likeness (QED) is 0.598. The number of carbonyl (C=O) groups is 1. The third kappa shape index (κ3) is 4.53. The van der Waals surface area contributed by atoms with Crippen LogP contribution < -0.4 is 15.4 Å². The van der Waals surface area contributed by atoms with E-state index in [4.69, 9.17) is 4.74 Å². The van der Waals surface area contributed by atoms with Crippen molar-refractivity contribution in [1.29, 1.82) is 0 Å². The van der Waals surface area contributed by atoms with Gasteiger partial charge in [-0.05, 0) is 19.1 Å². The number of nitro benzene ring substituents is 1. The summed E-state index contributed by atoms with van der Waals surface area (Å²) in [7, 11) is 1.43. The van der Waals surface area contributed by atoms with Gasteiger partial charge in [-0.25, -0.2) is 0 Å². The molecule has 0 fully saturated rings. The minimum absolute atomic E-state index is 0.114. The number of hydrogen-bond donors (Lipinski definition) is 2. The lowest BCUT2D eigenvalue weighted by atomic mass is 10.1. The Labute approximate surface area is 139 Å². The van der Waals surface area contributed by atoms with Gasteiger partial charge in [0.25, 0.3) is 11.6 Å². The third-order valence-corrected chi connectivity index (χ3v) is 3.66. The molecule has 24 heavy (non-hydrogen) atoms. The summed E-state index contributed by atoms with van der Waals surface area (Å²) in [5, 5.41) is 15.6. The molecule has 2 aromatic rings. The minimum atomic E-state index is -0.547. The highest BCUT2D eigenvalue weighted by Crippen LogP contribution is 2.28. The van der Waals surface area contributed by atoms with Crippen LogP contribution in [0.5, 0.6) is 5.75 Å². The van der Waals surface area contributed by atoms with Crippen LogP contribution in [0.2, 0.25) is 0 Å². The van der Waals surface area contributed by atoms with Crippen molar-refractivity contribution in [2.24, 2.45) is 0 Å². The standard InChI is InChI=1S/C17H19N3O4/c1-12(13-6-4-3-5-7-13)18-11-17(21)19-15-9-8-14(24-2)10-16(15)20(22)23/h3-10,12,18H,11H2,1-2H3,(H,19,21)/p+1/t12-/m0/s1. The number of quaternary nitrogens is 1. The number of anilines is 1. The zero-order valence-corrected chi connectivity index (χ0v) is 13.6. The smallest absolute Gasteiger partial charge is 0.296 e. The van der Waals surface area contributed by atoms with Crippen LogP contribution in [0.3, 0.4) is 0 Å². The summed E-state index contributed by atoms with van der Waals surface area (Å²) in [6, 6.07) is 14.2. The lowest BCUT2D eigenvalue weighted by molar-refractivity contribution is -0.682. The molecule has 0 heterocycles. The average Bonchev–Trinajstić information content (AvgIpc) is 2.60. The minimum Gasteiger partial charge on any atom is -0.496 e. The molecule has 2 aromatic carbocycles. The van der Waals surface area contributed by atoms with Crippen LogP contribution in [0.25, 0.3) is 0 Å². The molecule has 0 saturated heterocycles. The van der Waals surface area contributed by atoms with Crippen LogP contribution in [-0.4, -0.2) is 24.5 Å². The molecular formula is C17H20N3O4+. The highest BCUT2D eigenvalue weighted by Gasteiger charge is 2.18. The van der Waals surface area contributed by atoms with Gasteiger partial charge in [0.2, 0.25) is 0 Å². The summed E-state index contributed by atoms with van der Waals surface area (Å²) in [4.78, 5) is 22.6. The molecule has 0 radical (unpaired) electrons. The molecule has 0 aromatic heterocycles. The van der Waals surface area contributed by atoms with Crippen molar-refractivity contribution in [2.75, 3.05) is 19.0 Å². The number of nitrogens with two attached hydrogens (primary N) is 1. The molecule has 0 aliphatic carbocycles. The van der Waals surface area contributed by atoms with Crippen LogP contribution in [0.1, 0.15) is 18.5 Å². The van der Waals surface area contributed by atoms with Crippen molar-refractivity contribution in [3.05, 3.63) is 64.2 Å². The lowest BCUT2D eigenvalue weighted by Gasteiger charge is -2.11. The molecule has 7 nitrogen and oxygen atoms in total. The monoisotopic (exact) mass is 330 g/mol. The van der Waals surface area contributed by atoms with E-state index in [0.717, 1.165) is 5.56 Å². The van der Waals surface area contributed by atoms with Crippen LogP contribution in [0, 0.1) is 10.1 Å². The van der Waals surface area contributed by atoms with Crippen LogP contribution >= 0.6 is 0 Å². The van der Waals surface area contributed by atoms with Crippen molar-refractivity contribution < 1.29 is 19.8 Å². The van der Waals surface area contributed by atoms with Gasteiger partial charge in [0.15, 0.2) is 6.54 Å². The molecule has 0 aliphatic heterocycles. The summed E-state index contributed by atoms with van der Waals surface area (Å²) in [6.45, 7) is 2.16. The van der Waals surface area contributed by atoms with E-state index in [0.29, 0.717) is 5.75 Å². The summed E-state index contributed by atoms with van der Waals surface area (Å²) < 4.78 is 4.97. The second kappa shape index (κ2) is 8.07. The topological polar surface area (TPSA) is 98.1 Å². The SMILES string of the molecule is COc1ccc(NC(=O)C[NH2+][C@@H](C)c2ccccc2)c([N+](=O)[O-])c1. The Bertz CT molecular complexity index is 719. The van der Waals surface area contributed by atoms with Gasteiger partial charge in [0.1, 0.15) is 17.5 Å². The van der Waals surface area contributed by atoms with Crippen LogP contribution in [0.4, 0.5) is 11.4 Å². The average molecular weight is 330 g/mol. The summed E-state index contributed by atoms with van der Waals surface area (Å²) >= 11 is 0. The van der Waals surface area contributed by atoms with Gasteiger partial charge in [-0.15, -0.1) is 0 Å². The number of nitrogens with zero attached hydrogens (tertiary/aromatic N) is 1. The number of amides is 1. The first-order chi connectivity index (χ1) is 11.5. The first-order valence-electron chi connectivity index (χ1n) is 7.52. The van der Waals surface area contributed by atoms with Gasteiger partial charge < -0.3 is 15.4 Å². The van der Waals surface area contributed by atoms with E-state index < -0.39 is 4.92 Å². The largest absolute Gasteiger partial charge is 0.496 e. The molecule has 1 amide bonds. The van der Waals surface area contributed by atoms with Gasteiger partial charge in [-0.3, -0.25) is 14.9 Å².